The minimum absolute atomic E-state index is 0.115. The fraction of sp³-hybridized carbons (Fsp3) is 0.462. The van der Waals surface area contributed by atoms with Gasteiger partial charge in [-0.25, -0.2) is 0 Å². The van der Waals surface area contributed by atoms with E-state index in [0.717, 1.165) is 29.8 Å². The third-order valence-corrected chi connectivity index (χ3v) is 3.66. The molecule has 0 aromatic carbocycles. The zero-order valence-corrected chi connectivity index (χ0v) is 10.4. The van der Waals surface area contributed by atoms with Gasteiger partial charge in [-0.3, -0.25) is 4.79 Å². The lowest BCUT2D eigenvalue weighted by atomic mass is 10.1. The number of carbonyl (C=O) groups is 1. The van der Waals surface area contributed by atoms with Crippen molar-refractivity contribution in [2.45, 2.75) is 25.8 Å². The number of piperidine rings is 1. The molecule has 2 heterocycles. The Morgan fingerprint density at radius 3 is 3.12 bits per heavy atom. The Balaban J connectivity index is 1.98. The summed E-state index contributed by atoms with van der Waals surface area (Å²) < 4.78 is 0. The number of aliphatic hydroxyl groups excluding tert-OH is 1. The summed E-state index contributed by atoms with van der Waals surface area (Å²) in [5.74, 6) is 5.75. The molecule has 1 fully saturated rings. The number of thiophene rings is 1. The molecule has 0 aliphatic carbocycles. The molecule has 0 radical (unpaired) electrons. The van der Waals surface area contributed by atoms with Crippen LogP contribution < -0.4 is 0 Å². The molecule has 0 atom stereocenters. The molecule has 0 spiro atoms. The molecule has 1 aliphatic rings. The highest BCUT2D eigenvalue weighted by atomic mass is 32.1. The number of hydrogen-bond acceptors (Lipinski definition) is 3. The Morgan fingerprint density at radius 2 is 2.35 bits per heavy atom. The van der Waals surface area contributed by atoms with Gasteiger partial charge in [-0.2, -0.15) is 0 Å². The Morgan fingerprint density at radius 1 is 1.47 bits per heavy atom. The Labute approximate surface area is 105 Å². The van der Waals surface area contributed by atoms with Crippen LogP contribution in [0.1, 0.15) is 29.7 Å². The van der Waals surface area contributed by atoms with Crippen molar-refractivity contribution in [2.75, 3.05) is 13.2 Å². The number of carbonyl (C=O) groups excluding carboxylic acids is 1. The average Bonchev–Trinajstić information content (AvgIpc) is 2.77. The van der Waals surface area contributed by atoms with Crippen LogP contribution in [0.25, 0.3) is 0 Å². The maximum Gasteiger partial charge on any atom is 0.222 e. The molecule has 1 aromatic rings. The second-order valence-electron chi connectivity index (χ2n) is 4.03. The molecule has 90 valence electrons. The largest absolute Gasteiger partial charge is 0.384 e. The lowest BCUT2D eigenvalue weighted by Gasteiger charge is -2.26. The maximum absolute atomic E-state index is 11.6. The van der Waals surface area contributed by atoms with Crippen LogP contribution in [-0.2, 0) is 11.3 Å². The first-order valence-corrected chi connectivity index (χ1v) is 6.62. The summed E-state index contributed by atoms with van der Waals surface area (Å²) in [7, 11) is 0. The SMILES string of the molecule is O=C1CCCCN1Cc1cc(C#CCO)cs1. The number of nitrogens with zero attached hydrogens (tertiary/aromatic N) is 1. The first kappa shape index (κ1) is 12.2. The van der Waals surface area contributed by atoms with Gasteiger partial charge in [0, 0.05) is 28.8 Å². The molecule has 1 saturated heterocycles. The number of rotatable bonds is 2. The van der Waals surface area contributed by atoms with Crippen molar-refractivity contribution in [1.82, 2.24) is 4.90 Å². The van der Waals surface area contributed by atoms with Gasteiger partial charge < -0.3 is 10.0 Å². The minimum Gasteiger partial charge on any atom is -0.384 e. The fourth-order valence-electron chi connectivity index (χ4n) is 1.89. The predicted octanol–water partition coefficient (Wildman–Crippen LogP) is 1.60. The van der Waals surface area contributed by atoms with Crippen molar-refractivity contribution in [2.24, 2.45) is 0 Å². The second-order valence-corrected chi connectivity index (χ2v) is 5.03. The van der Waals surface area contributed by atoms with E-state index in [0.29, 0.717) is 13.0 Å². The molecule has 2 rings (SSSR count). The van der Waals surface area contributed by atoms with Crippen LogP contribution in [0, 0.1) is 11.8 Å². The summed E-state index contributed by atoms with van der Waals surface area (Å²) in [5.41, 5.74) is 0.920. The van der Waals surface area contributed by atoms with Crippen molar-refractivity contribution in [3.05, 3.63) is 21.9 Å². The summed E-state index contributed by atoms with van der Waals surface area (Å²) >= 11 is 1.62. The van der Waals surface area contributed by atoms with E-state index in [2.05, 4.69) is 11.8 Å². The van der Waals surface area contributed by atoms with Gasteiger partial charge in [0.15, 0.2) is 0 Å². The average molecular weight is 249 g/mol. The van der Waals surface area contributed by atoms with Crippen molar-refractivity contribution in [3.8, 4) is 11.8 Å². The molecule has 4 heteroatoms. The molecule has 1 aliphatic heterocycles. The van der Waals surface area contributed by atoms with E-state index in [9.17, 15) is 4.79 Å². The number of aliphatic hydroxyl groups is 1. The van der Waals surface area contributed by atoms with Crippen LogP contribution in [-0.4, -0.2) is 29.1 Å². The highest BCUT2D eigenvalue weighted by Gasteiger charge is 2.18. The van der Waals surface area contributed by atoms with Gasteiger partial charge in [-0.05, 0) is 18.9 Å². The summed E-state index contributed by atoms with van der Waals surface area (Å²) in [6.07, 6.45) is 2.81. The summed E-state index contributed by atoms with van der Waals surface area (Å²) in [5, 5.41) is 10.6. The number of amides is 1. The van der Waals surface area contributed by atoms with Gasteiger partial charge in [-0.1, -0.05) is 11.8 Å². The molecular weight excluding hydrogens is 234 g/mol. The minimum atomic E-state index is -0.115. The van der Waals surface area contributed by atoms with Crippen LogP contribution in [0.3, 0.4) is 0 Å². The smallest absolute Gasteiger partial charge is 0.222 e. The molecule has 0 unspecified atom stereocenters. The Bertz CT molecular complexity index is 455. The van der Waals surface area contributed by atoms with Crippen molar-refractivity contribution in [3.63, 3.8) is 0 Å². The van der Waals surface area contributed by atoms with Crippen molar-refractivity contribution >= 4 is 17.2 Å². The molecule has 3 nitrogen and oxygen atoms in total. The van der Waals surface area contributed by atoms with E-state index < -0.39 is 0 Å². The quantitative estimate of drug-likeness (QED) is 0.809. The van der Waals surface area contributed by atoms with Gasteiger partial charge in [0.2, 0.25) is 5.91 Å². The van der Waals surface area contributed by atoms with E-state index in [-0.39, 0.29) is 12.5 Å². The fourth-order valence-corrected chi connectivity index (χ4v) is 2.72. The van der Waals surface area contributed by atoms with Crippen molar-refractivity contribution < 1.29 is 9.90 Å². The molecule has 1 aromatic heterocycles. The third-order valence-electron chi connectivity index (χ3n) is 2.73. The zero-order valence-electron chi connectivity index (χ0n) is 9.61. The Kier molecular flexibility index (Phi) is 4.18. The van der Waals surface area contributed by atoms with Gasteiger partial charge >= 0.3 is 0 Å². The van der Waals surface area contributed by atoms with E-state index in [4.69, 9.17) is 5.11 Å². The van der Waals surface area contributed by atoms with Crippen LogP contribution in [0.5, 0.6) is 0 Å². The molecular formula is C13H15NO2S. The van der Waals surface area contributed by atoms with Crippen LogP contribution in [0.2, 0.25) is 0 Å². The molecule has 0 bridgehead atoms. The number of hydrogen-bond donors (Lipinski definition) is 1. The van der Waals surface area contributed by atoms with Gasteiger partial charge in [-0.15, -0.1) is 11.3 Å². The van der Waals surface area contributed by atoms with Crippen molar-refractivity contribution in [1.29, 1.82) is 0 Å². The van der Waals surface area contributed by atoms with E-state index in [1.165, 1.54) is 0 Å². The van der Waals surface area contributed by atoms with Gasteiger partial charge in [0.05, 0.1) is 6.54 Å². The van der Waals surface area contributed by atoms with Crippen LogP contribution in [0.15, 0.2) is 11.4 Å². The highest BCUT2D eigenvalue weighted by molar-refractivity contribution is 7.10. The van der Waals surface area contributed by atoms with Gasteiger partial charge in [0.25, 0.3) is 0 Å². The molecule has 1 N–H and O–H groups in total. The van der Waals surface area contributed by atoms with Crippen LogP contribution >= 0.6 is 11.3 Å². The van der Waals surface area contributed by atoms with Crippen LogP contribution in [0.4, 0.5) is 0 Å². The summed E-state index contributed by atoms with van der Waals surface area (Å²) in [4.78, 5) is 14.7. The Hall–Kier alpha value is -1.31. The van der Waals surface area contributed by atoms with E-state index in [1.54, 1.807) is 11.3 Å². The normalized spacial score (nSPS) is 15.6. The molecule has 0 saturated carbocycles. The monoisotopic (exact) mass is 249 g/mol. The third kappa shape index (κ3) is 3.32. The maximum atomic E-state index is 11.6. The van der Waals surface area contributed by atoms with E-state index in [1.807, 2.05) is 16.3 Å². The standard InChI is InChI=1S/C13H15NO2S/c15-7-3-4-11-8-12(17-10-11)9-14-6-2-1-5-13(14)16/h8,10,15H,1-2,5-7,9H2. The summed E-state index contributed by atoms with van der Waals surface area (Å²) in [6.45, 7) is 1.45. The first-order valence-electron chi connectivity index (χ1n) is 5.74. The molecule has 1 amide bonds. The second kappa shape index (κ2) is 5.85. The summed E-state index contributed by atoms with van der Waals surface area (Å²) in [6, 6.07) is 2.00. The van der Waals surface area contributed by atoms with E-state index >= 15 is 0 Å². The lowest BCUT2D eigenvalue weighted by molar-refractivity contribution is -0.133. The predicted molar refractivity (Wildman–Crippen MR) is 67.6 cm³/mol. The highest BCUT2D eigenvalue weighted by Crippen LogP contribution is 2.19. The number of likely N-dealkylation sites (tertiary alicyclic amines) is 1. The topological polar surface area (TPSA) is 40.5 Å². The molecule has 17 heavy (non-hydrogen) atoms. The zero-order chi connectivity index (χ0) is 12.1. The lowest BCUT2D eigenvalue weighted by Crippen LogP contribution is -2.34. The first-order chi connectivity index (χ1) is 8.29. The van der Waals surface area contributed by atoms with Gasteiger partial charge in [0.1, 0.15) is 6.61 Å².